The lowest BCUT2D eigenvalue weighted by Crippen LogP contribution is -2.26. The van der Waals surface area contributed by atoms with E-state index in [1.807, 2.05) is 0 Å². The molecule has 0 bridgehead atoms. The third kappa shape index (κ3) is 2.09. The lowest BCUT2D eigenvalue weighted by molar-refractivity contribution is -0.114. The Hall–Kier alpha value is -0.330. The quantitative estimate of drug-likeness (QED) is 0.579. The Morgan fingerprint density at radius 3 is 2.50 bits per heavy atom. The van der Waals surface area contributed by atoms with Gasteiger partial charge in [0, 0.05) is 5.92 Å². The van der Waals surface area contributed by atoms with Gasteiger partial charge in [0.2, 0.25) is 0 Å². The molecule has 1 aliphatic rings. The Kier molecular flexibility index (Phi) is 3.30. The van der Waals surface area contributed by atoms with E-state index in [9.17, 15) is 4.79 Å². The van der Waals surface area contributed by atoms with E-state index in [1.54, 1.807) is 0 Å². The molecule has 70 valence electrons. The zero-order valence-electron chi connectivity index (χ0n) is 8.42. The summed E-state index contributed by atoms with van der Waals surface area (Å²) in [6.45, 7) is 6.74. The molecule has 0 amide bonds. The molecule has 1 heteroatoms. The molecule has 0 aromatic heterocycles. The van der Waals surface area contributed by atoms with Gasteiger partial charge in [0.25, 0.3) is 0 Å². The highest BCUT2D eigenvalue weighted by atomic mass is 16.1. The lowest BCUT2D eigenvalue weighted by Gasteiger charge is -2.33. The van der Waals surface area contributed by atoms with Crippen molar-refractivity contribution in [2.75, 3.05) is 0 Å². The first-order chi connectivity index (χ1) is 5.65. The van der Waals surface area contributed by atoms with E-state index in [0.29, 0.717) is 11.8 Å². The fourth-order valence-electron chi connectivity index (χ4n) is 2.19. The average Bonchev–Trinajstić information content (AvgIpc) is 2.05. The number of aldehydes is 1. The second-order valence-corrected chi connectivity index (χ2v) is 4.59. The molecule has 0 saturated heterocycles. The lowest BCUT2D eigenvalue weighted by atomic mass is 9.72. The van der Waals surface area contributed by atoms with Crippen LogP contribution in [0.1, 0.15) is 40.0 Å². The molecule has 3 atom stereocenters. The van der Waals surface area contributed by atoms with Gasteiger partial charge in [-0.2, -0.15) is 0 Å². The van der Waals surface area contributed by atoms with Crippen LogP contribution in [0.4, 0.5) is 0 Å². The smallest absolute Gasteiger partial charge is 0.123 e. The Morgan fingerprint density at radius 2 is 2.00 bits per heavy atom. The zero-order chi connectivity index (χ0) is 9.14. The van der Waals surface area contributed by atoms with Crippen molar-refractivity contribution in [3.8, 4) is 0 Å². The fraction of sp³-hybridized carbons (Fsp3) is 0.909. The van der Waals surface area contributed by atoms with Crippen molar-refractivity contribution in [1.29, 1.82) is 0 Å². The molecule has 2 unspecified atom stereocenters. The summed E-state index contributed by atoms with van der Waals surface area (Å²) in [6, 6.07) is 0. The van der Waals surface area contributed by atoms with Crippen LogP contribution in [0.2, 0.25) is 0 Å². The Balaban J connectivity index is 2.49. The van der Waals surface area contributed by atoms with Crippen molar-refractivity contribution in [3.05, 3.63) is 0 Å². The summed E-state index contributed by atoms with van der Waals surface area (Å²) in [7, 11) is 0. The van der Waals surface area contributed by atoms with Crippen LogP contribution in [0.25, 0.3) is 0 Å². The number of hydrogen-bond donors (Lipinski definition) is 0. The van der Waals surface area contributed by atoms with Gasteiger partial charge in [-0.15, -0.1) is 0 Å². The molecule has 1 rings (SSSR count). The van der Waals surface area contributed by atoms with E-state index >= 15 is 0 Å². The Morgan fingerprint density at radius 1 is 1.33 bits per heavy atom. The minimum atomic E-state index is 0.339. The van der Waals surface area contributed by atoms with Gasteiger partial charge in [0.05, 0.1) is 0 Å². The number of carbonyl (C=O) groups excluding carboxylic acids is 1. The van der Waals surface area contributed by atoms with Crippen molar-refractivity contribution in [2.24, 2.45) is 23.7 Å². The van der Waals surface area contributed by atoms with E-state index < -0.39 is 0 Å². The molecule has 1 fully saturated rings. The Bertz CT molecular complexity index is 151. The van der Waals surface area contributed by atoms with Crippen LogP contribution < -0.4 is 0 Å². The van der Waals surface area contributed by atoms with Crippen molar-refractivity contribution in [3.63, 3.8) is 0 Å². The normalized spacial score (nSPS) is 36.8. The molecule has 0 heterocycles. The van der Waals surface area contributed by atoms with Gasteiger partial charge < -0.3 is 4.79 Å². The molecule has 0 aliphatic heterocycles. The molecule has 0 N–H and O–H groups in total. The molecular weight excluding hydrogens is 148 g/mol. The van der Waals surface area contributed by atoms with Gasteiger partial charge in [-0.1, -0.05) is 20.8 Å². The summed E-state index contributed by atoms with van der Waals surface area (Å²) >= 11 is 0. The molecular formula is C11H20O. The van der Waals surface area contributed by atoms with E-state index in [4.69, 9.17) is 0 Å². The zero-order valence-corrected chi connectivity index (χ0v) is 8.42. The minimum absolute atomic E-state index is 0.339. The van der Waals surface area contributed by atoms with Crippen molar-refractivity contribution in [1.82, 2.24) is 0 Å². The van der Waals surface area contributed by atoms with E-state index in [1.165, 1.54) is 19.1 Å². The summed E-state index contributed by atoms with van der Waals surface area (Å²) in [6.07, 6.45) is 4.86. The molecule has 1 aliphatic carbocycles. The van der Waals surface area contributed by atoms with Crippen LogP contribution in [0.15, 0.2) is 0 Å². The molecule has 0 spiro atoms. The predicted octanol–water partition coefficient (Wildman–Crippen LogP) is 2.89. The van der Waals surface area contributed by atoms with Crippen LogP contribution in [0.5, 0.6) is 0 Å². The summed E-state index contributed by atoms with van der Waals surface area (Å²) in [5.41, 5.74) is 0. The van der Waals surface area contributed by atoms with Gasteiger partial charge in [-0.25, -0.2) is 0 Å². The van der Waals surface area contributed by atoms with E-state index in [-0.39, 0.29) is 0 Å². The maximum atomic E-state index is 10.7. The maximum Gasteiger partial charge on any atom is 0.123 e. The maximum absolute atomic E-state index is 10.7. The van der Waals surface area contributed by atoms with Gasteiger partial charge in [0.1, 0.15) is 6.29 Å². The largest absolute Gasteiger partial charge is 0.303 e. The highest BCUT2D eigenvalue weighted by Gasteiger charge is 2.28. The number of rotatable bonds is 2. The third-order valence-electron chi connectivity index (χ3n) is 3.42. The van der Waals surface area contributed by atoms with Crippen LogP contribution in [-0.2, 0) is 4.79 Å². The first-order valence-electron chi connectivity index (χ1n) is 5.10. The number of carbonyl (C=O) groups is 1. The van der Waals surface area contributed by atoms with Crippen molar-refractivity contribution >= 4 is 6.29 Å². The standard InChI is InChI=1S/C11H20O/c1-8(2)10-5-4-9(3)11(6-10)7-12/h7-11H,4-6H2,1-3H3/t9?,10-,11?/m1/s1. The predicted molar refractivity (Wildman–Crippen MR) is 50.9 cm³/mol. The van der Waals surface area contributed by atoms with Gasteiger partial charge in [0.15, 0.2) is 0 Å². The highest BCUT2D eigenvalue weighted by molar-refractivity contribution is 5.54. The second-order valence-electron chi connectivity index (χ2n) is 4.59. The van der Waals surface area contributed by atoms with Crippen LogP contribution in [0.3, 0.4) is 0 Å². The molecule has 12 heavy (non-hydrogen) atoms. The van der Waals surface area contributed by atoms with Crippen LogP contribution in [-0.4, -0.2) is 6.29 Å². The van der Waals surface area contributed by atoms with Gasteiger partial charge in [-0.05, 0) is 37.0 Å². The summed E-state index contributed by atoms with van der Waals surface area (Å²) < 4.78 is 0. The van der Waals surface area contributed by atoms with Crippen molar-refractivity contribution < 1.29 is 4.79 Å². The molecule has 1 saturated carbocycles. The summed E-state index contributed by atoms with van der Waals surface area (Å²) in [4.78, 5) is 10.7. The van der Waals surface area contributed by atoms with Gasteiger partial charge >= 0.3 is 0 Å². The average molecular weight is 168 g/mol. The minimum Gasteiger partial charge on any atom is -0.303 e. The Labute approximate surface area is 75.5 Å². The SMILES string of the molecule is CC1CC[C@@H](C(C)C)CC1C=O. The highest BCUT2D eigenvalue weighted by Crippen LogP contribution is 2.36. The van der Waals surface area contributed by atoms with Crippen molar-refractivity contribution in [2.45, 2.75) is 40.0 Å². The topological polar surface area (TPSA) is 17.1 Å². The van der Waals surface area contributed by atoms with E-state index in [0.717, 1.165) is 18.3 Å². The van der Waals surface area contributed by atoms with Gasteiger partial charge in [-0.3, -0.25) is 0 Å². The summed E-state index contributed by atoms with van der Waals surface area (Å²) in [5, 5.41) is 0. The first-order valence-corrected chi connectivity index (χ1v) is 5.10. The third-order valence-corrected chi connectivity index (χ3v) is 3.42. The fourth-order valence-corrected chi connectivity index (χ4v) is 2.19. The first kappa shape index (κ1) is 9.76. The molecule has 0 radical (unpaired) electrons. The molecule has 1 nitrogen and oxygen atoms in total. The van der Waals surface area contributed by atoms with Crippen LogP contribution in [0, 0.1) is 23.7 Å². The monoisotopic (exact) mass is 168 g/mol. The molecule has 0 aromatic carbocycles. The van der Waals surface area contributed by atoms with Crippen LogP contribution >= 0.6 is 0 Å². The number of hydrogen-bond acceptors (Lipinski definition) is 1. The van der Waals surface area contributed by atoms with E-state index in [2.05, 4.69) is 20.8 Å². The molecule has 0 aromatic rings. The second kappa shape index (κ2) is 4.06. The summed E-state index contributed by atoms with van der Waals surface area (Å²) in [5.74, 6) is 2.50.